The van der Waals surface area contributed by atoms with E-state index < -0.39 is 17.7 Å². The summed E-state index contributed by atoms with van der Waals surface area (Å²) in [7, 11) is 6.74. The molecule has 0 saturated heterocycles. The minimum Gasteiger partial charge on any atom is -0.496 e. The van der Waals surface area contributed by atoms with E-state index in [4.69, 9.17) is 68.6 Å². The number of nitrogens with two attached hydrogens (primary N) is 2. The summed E-state index contributed by atoms with van der Waals surface area (Å²) < 4.78 is 10.3. The highest BCUT2D eigenvalue weighted by atomic mass is 35.5. The van der Waals surface area contributed by atoms with E-state index in [1.165, 1.54) is 6.92 Å². The van der Waals surface area contributed by atoms with Crippen molar-refractivity contribution in [3.63, 3.8) is 0 Å². The molecule has 2 rings (SSSR count). The number of ether oxygens (including phenoxy) is 2. The summed E-state index contributed by atoms with van der Waals surface area (Å²) in [5.74, 6) is -0.766. The molecule has 0 aromatic heterocycles. The number of methoxy groups -OCH3 is 2. The first-order chi connectivity index (χ1) is 15.9. The number of benzene rings is 2. The molecule has 0 aliphatic rings. The summed E-state index contributed by atoms with van der Waals surface area (Å²) >= 11 is 21.8. The van der Waals surface area contributed by atoms with E-state index in [0.29, 0.717) is 20.0 Å². The highest BCUT2D eigenvalue weighted by molar-refractivity contribution is 7.81. The van der Waals surface area contributed by atoms with Gasteiger partial charge in [-0.15, -0.1) is 0 Å². The van der Waals surface area contributed by atoms with Crippen LogP contribution < -0.4 is 31.6 Å². The SMILES string of the molecule is CC(C(N)=O)C(N)=O.CNC(=S)c1cc(Cl)ccc1OC.CNC(=S)c1cc(Cl)ccc1OC. The molecule has 2 aromatic rings. The summed E-state index contributed by atoms with van der Waals surface area (Å²) in [4.78, 5) is 21.4. The van der Waals surface area contributed by atoms with Gasteiger partial charge >= 0.3 is 0 Å². The summed E-state index contributed by atoms with van der Waals surface area (Å²) in [6.45, 7) is 1.37. The first-order valence-electron chi connectivity index (χ1n) is 9.63. The minimum atomic E-state index is -0.852. The monoisotopic (exact) mass is 546 g/mol. The van der Waals surface area contributed by atoms with Crippen LogP contribution in [0.4, 0.5) is 0 Å². The van der Waals surface area contributed by atoms with E-state index in [-0.39, 0.29) is 0 Å². The van der Waals surface area contributed by atoms with Gasteiger partial charge in [-0.3, -0.25) is 9.59 Å². The lowest BCUT2D eigenvalue weighted by Crippen LogP contribution is -2.32. The molecule has 8 nitrogen and oxygen atoms in total. The first kappa shape index (κ1) is 31.3. The number of primary amides is 2. The molecule has 186 valence electrons. The third-order valence-electron chi connectivity index (χ3n) is 4.12. The second-order valence-electron chi connectivity index (χ2n) is 6.37. The van der Waals surface area contributed by atoms with Crippen LogP contribution in [0, 0.1) is 5.92 Å². The normalized spacial score (nSPS) is 9.41. The van der Waals surface area contributed by atoms with Gasteiger partial charge in [-0.05, 0) is 43.3 Å². The lowest BCUT2D eigenvalue weighted by molar-refractivity contribution is -0.130. The molecule has 0 atom stereocenters. The fourth-order valence-corrected chi connectivity index (χ4v) is 2.79. The number of halogens is 2. The smallest absolute Gasteiger partial charge is 0.229 e. The fraction of sp³-hybridized carbons (Fsp3) is 0.273. The molecule has 34 heavy (non-hydrogen) atoms. The van der Waals surface area contributed by atoms with Gasteiger partial charge in [-0.1, -0.05) is 47.6 Å². The summed E-state index contributed by atoms with van der Waals surface area (Å²) in [5, 5.41) is 7.05. The molecule has 0 aliphatic carbocycles. The Morgan fingerprint density at radius 3 is 1.35 bits per heavy atom. The maximum atomic E-state index is 10.1. The number of carbonyl (C=O) groups excluding carboxylic acids is 2. The van der Waals surface area contributed by atoms with Crippen molar-refractivity contribution in [1.82, 2.24) is 10.6 Å². The van der Waals surface area contributed by atoms with Gasteiger partial charge in [-0.25, -0.2) is 0 Å². The van der Waals surface area contributed by atoms with Crippen LogP contribution in [0.25, 0.3) is 0 Å². The molecule has 0 heterocycles. The molecule has 6 N–H and O–H groups in total. The molecular formula is C22H28Cl2N4O4S2. The van der Waals surface area contributed by atoms with Crippen LogP contribution in [0.1, 0.15) is 18.1 Å². The maximum absolute atomic E-state index is 10.1. The third kappa shape index (κ3) is 10.5. The van der Waals surface area contributed by atoms with E-state index >= 15 is 0 Å². The number of hydrogen-bond acceptors (Lipinski definition) is 6. The van der Waals surface area contributed by atoms with Crippen molar-refractivity contribution in [3.05, 3.63) is 57.6 Å². The van der Waals surface area contributed by atoms with Crippen LogP contribution in [0.3, 0.4) is 0 Å². The van der Waals surface area contributed by atoms with Crippen molar-refractivity contribution in [2.75, 3.05) is 28.3 Å². The van der Waals surface area contributed by atoms with Crippen LogP contribution in [0.2, 0.25) is 10.0 Å². The van der Waals surface area contributed by atoms with Crippen LogP contribution in [-0.4, -0.2) is 50.1 Å². The molecule has 0 fully saturated rings. The van der Waals surface area contributed by atoms with Crippen molar-refractivity contribution < 1.29 is 19.1 Å². The second-order valence-corrected chi connectivity index (χ2v) is 8.06. The number of hydrogen-bond donors (Lipinski definition) is 4. The van der Waals surface area contributed by atoms with E-state index in [0.717, 1.165) is 22.6 Å². The first-order valence-corrected chi connectivity index (χ1v) is 11.2. The third-order valence-corrected chi connectivity index (χ3v) is 5.44. The highest BCUT2D eigenvalue weighted by Gasteiger charge is 2.13. The van der Waals surface area contributed by atoms with Gasteiger partial charge < -0.3 is 31.6 Å². The van der Waals surface area contributed by atoms with Crippen LogP contribution in [0.5, 0.6) is 11.5 Å². The predicted molar refractivity (Wildman–Crippen MR) is 145 cm³/mol. The Kier molecular flexibility index (Phi) is 14.8. The Bertz CT molecular complexity index is 943. The summed E-state index contributed by atoms with van der Waals surface area (Å²) in [6.07, 6.45) is 0. The molecule has 2 aromatic carbocycles. The van der Waals surface area contributed by atoms with E-state index in [9.17, 15) is 9.59 Å². The molecule has 0 radical (unpaired) electrons. The number of thiocarbonyl (C=S) groups is 2. The lowest BCUT2D eigenvalue weighted by Gasteiger charge is -2.09. The zero-order valence-corrected chi connectivity index (χ0v) is 22.5. The van der Waals surface area contributed by atoms with Crippen LogP contribution in [0.15, 0.2) is 36.4 Å². The van der Waals surface area contributed by atoms with E-state index in [1.54, 1.807) is 64.7 Å². The van der Waals surface area contributed by atoms with Gasteiger partial charge in [0.2, 0.25) is 11.8 Å². The Morgan fingerprint density at radius 1 is 0.824 bits per heavy atom. The van der Waals surface area contributed by atoms with Crippen LogP contribution >= 0.6 is 47.6 Å². The molecule has 0 spiro atoms. The number of rotatable bonds is 6. The second kappa shape index (κ2) is 16.0. The Balaban J connectivity index is 0.000000497. The zero-order chi connectivity index (χ0) is 26.4. The standard InChI is InChI=1S/2C9H10ClNOS.C4H8N2O2/c2*1-11-9(13)7-5-6(10)3-4-8(7)12-2;1-2(3(5)7)4(6)8/h2*3-5H,1-2H3,(H,11,13);2H,1H3,(H2,5,7)(H2,6,8). The molecule has 2 amide bonds. The van der Waals surface area contributed by atoms with Crippen molar-refractivity contribution in [1.29, 1.82) is 0 Å². The van der Waals surface area contributed by atoms with Crippen molar-refractivity contribution in [2.45, 2.75) is 6.92 Å². The molecule has 0 saturated carbocycles. The number of carbonyl (C=O) groups is 2. The van der Waals surface area contributed by atoms with Crippen LogP contribution in [-0.2, 0) is 9.59 Å². The lowest BCUT2D eigenvalue weighted by atomic mass is 10.2. The summed E-state index contributed by atoms with van der Waals surface area (Å²) in [6, 6.07) is 10.7. The molecule has 0 bridgehead atoms. The molecule has 0 aliphatic heterocycles. The van der Waals surface area contributed by atoms with Gasteiger partial charge in [0.1, 0.15) is 27.4 Å². The Labute approximate surface area is 220 Å². The fourth-order valence-electron chi connectivity index (χ4n) is 2.12. The number of amides is 2. The topological polar surface area (TPSA) is 129 Å². The molecular weight excluding hydrogens is 519 g/mol. The summed E-state index contributed by atoms with van der Waals surface area (Å²) in [5.41, 5.74) is 11.0. The Hall–Kier alpha value is -2.66. The zero-order valence-electron chi connectivity index (χ0n) is 19.4. The van der Waals surface area contributed by atoms with Gasteiger partial charge in [0, 0.05) is 24.1 Å². The van der Waals surface area contributed by atoms with Gasteiger partial charge in [-0.2, -0.15) is 0 Å². The van der Waals surface area contributed by atoms with Gasteiger partial charge in [0.25, 0.3) is 0 Å². The van der Waals surface area contributed by atoms with E-state index in [2.05, 4.69) is 10.6 Å². The largest absolute Gasteiger partial charge is 0.496 e. The van der Waals surface area contributed by atoms with Crippen molar-refractivity contribution >= 4 is 69.4 Å². The predicted octanol–water partition coefficient (Wildman–Crippen LogP) is 3.08. The van der Waals surface area contributed by atoms with E-state index in [1.807, 2.05) is 0 Å². The minimum absolute atomic E-state index is 0.624. The van der Waals surface area contributed by atoms with Crippen molar-refractivity contribution in [2.24, 2.45) is 17.4 Å². The van der Waals surface area contributed by atoms with Gasteiger partial charge in [0.15, 0.2) is 0 Å². The maximum Gasteiger partial charge on any atom is 0.229 e. The quantitative estimate of drug-likeness (QED) is 0.321. The Morgan fingerprint density at radius 2 is 1.15 bits per heavy atom. The molecule has 12 heteroatoms. The molecule has 0 unspecified atom stereocenters. The van der Waals surface area contributed by atoms with Crippen molar-refractivity contribution in [3.8, 4) is 11.5 Å². The average Bonchev–Trinajstić information content (AvgIpc) is 2.83. The number of nitrogens with one attached hydrogen (secondary N) is 2. The highest BCUT2D eigenvalue weighted by Crippen LogP contribution is 2.23. The van der Waals surface area contributed by atoms with Gasteiger partial charge in [0.05, 0.1) is 25.3 Å². The average molecular weight is 548 g/mol.